The Morgan fingerprint density at radius 1 is 1.16 bits per heavy atom. The Morgan fingerprint density at radius 3 is 2.39 bits per heavy atom. The predicted molar refractivity (Wildman–Crippen MR) is 120 cm³/mol. The van der Waals surface area contributed by atoms with E-state index in [-0.39, 0.29) is 24.5 Å². The molecule has 2 N–H and O–H groups in total. The molecule has 1 aromatic rings. The van der Waals surface area contributed by atoms with Gasteiger partial charge in [-0.2, -0.15) is 0 Å². The zero-order valence-electron chi connectivity index (χ0n) is 19.4. The number of ether oxygens (including phenoxy) is 3. The zero-order valence-corrected chi connectivity index (χ0v) is 19.4. The van der Waals surface area contributed by atoms with Gasteiger partial charge in [0, 0.05) is 19.1 Å². The summed E-state index contributed by atoms with van der Waals surface area (Å²) in [4.78, 5) is 25.2. The molecule has 0 spiro atoms. The standard InChI is InChI=1S/C24H38N2O5/c1-24(2,3)31-23(28)26-13-11-18(12-14-26)6-5-15-30-21-9-7-19(8-10-21)16-20(25)17-22(27)29-4/h7-10,18,20H,5-6,11-17,25H2,1-4H3/t20-/m0/s1. The van der Waals surface area contributed by atoms with Crippen LogP contribution < -0.4 is 10.5 Å². The maximum atomic E-state index is 12.1. The first kappa shape index (κ1) is 25.0. The lowest BCUT2D eigenvalue weighted by Crippen LogP contribution is -2.41. The van der Waals surface area contributed by atoms with E-state index in [9.17, 15) is 9.59 Å². The van der Waals surface area contributed by atoms with Crippen molar-refractivity contribution in [3.8, 4) is 5.75 Å². The quantitative estimate of drug-likeness (QED) is 0.468. The van der Waals surface area contributed by atoms with Crippen molar-refractivity contribution in [3.63, 3.8) is 0 Å². The number of rotatable bonds is 9. The van der Waals surface area contributed by atoms with Gasteiger partial charge in [0.1, 0.15) is 11.4 Å². The van der Waals surface area contributed by atoms with E-state index >= 15 is 0 Å². The molecule has 0 radical (unpaired) electrons. The van der Waals surface area contributed by atoms with Gasteiger partial charge in [-0.15, -0.1) is 0 Å². The maximum Gasteiger partial charge on any atom is 0.410 e. The lowest BCUT2D eigenvalue weighted by Gasteiger charge is -2.33. The molecule has 7 heteroatoms. The highest BCUT2D eigenvalue weighted by Gasteiger charge is 2.26. The summed E-state index contributed by atoms with van der Waals surface area (Å²) >= 11 is 0. The first-order chi connectivity index (χ1) is 14.7. The molecule has 7 nitrogen and oxygen atoms in total. The number of nitrogens with two attached hydrogens (primary N) is 1. The summed E-state index contributed by atoms with van der Waals surface area (Å²) < 4.78 is 16.0. The molecule has 0 aromatic heterocycles. The van der Waals surface area contributed by atoms with Crippen LogP contribution in [0.3, 0.4) is 0 Å². The Morgan fingerprint density at radius 2 is 1.81 bits per heavy atom. The van der Waals surface area contributed by atoms with Gasteiger partial charge in [-0.3, -0.25) is 4.79 Å². The molecule has 0 bridgehead atoms. The fourth-order valence-corrected chi connectivity index (χ4v) is 3.69. The number of hydrogen-bond acceptors (Lipinski definition) is 6. The van der Waals surface area contributed by atoms with Crippen molar-refractivity contribution in [1.82, 2.24) is 4.90 Å². The second-order valence-electron chi connectivity index (χ2n) is 9.29. The SMILES string of the molecule is COC(=O)C[C@@H](N)Cc1ccc(OCCCC2CCN(C(=O)OC(C)(C)C)CC2)cc1. The van der Waals surface area contributed by atoms with Crippen molar-refractivity contribution in [3.05, 3.63) is 29.8 Å². The van der Waals surface area contributed by atoms with Gasteiger partial charge in [-0.25, -0.2) is 4.79 Å². The fraction of sp³-hybridized carbons (Fsp3) is 0.667. The third kappa shape index (κ3) is 9.59. The van der Waals surface area contributed by atoms with Gasteiger partial charge in [-0.1, -0.05) is 12.1 Å². The molecular formula is C24H38N2O5. The van der Waals surface area contributed by atoms with E-state index in [1.54, 1.807) is 0 Å². The largest absolute Gasteiger partial charge is 0.494 e. The maximum absolute atomic E-state index is 12.1. The molecule has 1 aromatic carbocycles. The van der Waals surface area contributed by atoms with Crippen LogP contribution in [0.15, 0.2) is 24.3 Å². The number of likely N-dealkylation sites (tertiary alicyclic amines) is 1. The lowest BCUT2D eigenvalue weighted by atomic mass is 9.92. The second kappa shape index (κ2) is 11.9. The number of esters is 1. The molecule has 0 saturated carbocycles. The molecule has 1 aliphatic rings. The van der Waals surface area contributed by atoms with E-state index in [1.807, 2.05) is 49.9 Å². The van der Waals surface area contributed by atoms with Crippen LogP contribution in [-0.4, -0.2) is 55.4 Å². The first-order valence-electron chi connectivity index (χ1n) is 11.2. The average Bonchev–Trinajstić information content (AvgIpc) is 2.71. The molecule has 1 amide bonds. The Hall–Kier alpha value is -2.28. The molecule has 0 unspecified atom stereocenters. The number of hydrogen-bond donors (Lipinski definition) is 1. The Labute approximate surface area is 186 Å². The first-order valence-corrected chi connectivity index (χ1v) is 11.2. The Balaban J connectivity index is 1.62. The third-order valence-corrected chi connectivity index (χ3v) is 5.37. The molecular weight excluding hydrogens is 396 g/mol. The molecule has 1 saturated heterocycles. The number of amides is 1. The minimum absolute atomic E-state index is 0.205. The van der Waals surface area contributed by atoms with Crippen LogP contribution in [0.5, 0.6) is 5.75 Å². The minimum Gasteiger partial charge on any atom is -0.494 e. The monoisotopic (exact) mass is 434 g/mol. The number of nitrogens with zero attached hydrogens (tertiary/aromatic N) is 1. The summed E-state index contributed by atoms with van der Waals surface area (Å²) in [6, 6.07) is 7.61. The molecule has 1 aliphatic heterocycles. The lowest BCUT2D eigenvalue weighted by molar-refractivity contribution is -0.141. The van der Waals surface area contributed by atoms with Gasteiger partial charge < -0.3 is 24.8 Å². The van der Waals surface area contributed by atoms with Gasteiger partial charge >= 0.3 is 12.1 Å². The van der Waals surface area contributed by atoms with Gasteiger partial charge in [0.25, 0.3) is 0 Å². The van der Waals surface area contributed by atoms with Crippen LogP contribution >= 0.6 is 0 Å². The third-order valence-electron chi connectivity index (χ3n) is 5.37. The number of benzene rings is 1. The molecule has 0 aliphatic carbocycles. The van der Waals surface area contributed by atoms with Crippen LogP contribution in [0.25, 0.3) is 0 Å². The summed E-state index contributed by atoms with van der Waals surface area (Å²) in [5.74, 6) is 1.17. The van der Waals surface area contributed by atoms with Crippen LogP contribution in [0.4, 0.5) is 4.79 Å². The minimum atomic E-state index is -0.446. The van der Waals surface area contributed by atoms with E-state index in [0.717, 1.165) is 50.1 Å². The molecule has 31 heavy (non-hydrogen) atoms. The summed E-state index contributed by atoms with van der Waals surface area (Å²) in [6.07, 6.45) is 4.75. The van der Waals surface area contributed by atoms with Crippen LogP contribution in [0, 0.1) is 5.92 Å². The molecule has 1 atom stereocenters. The molecule has 1 fully saturated rings. The topological polar surface area (TPSA) is 91.1 Å². The molecule has 1 heterocycles. The molecule has 174 valence electrons. The number of methoxy groups -OCH3 is 1. The van der Waals surface area contributed by atoms with Gasteiger partial charge in [0.05, 0.1) is 20.1 Å². The second-order valence-corrected chi connectivity index (χ2v) is 9.29. The normalized spacial score (nSPS) is 16.0. The van der Waals surface area contributed by atoms with Crippen molar-refractivity contribution in [2.45, 2.75) is 70.9 Å². The van der Waals surface area contributed by atoms with Crippen LogP contribution in [0.2, 0.25) is 0 Å². The van der Waals surface area contributed by atoms with Crippen molar-refractivity contribution in [1.29, 1.82) is 0 Å². The van der Waals surface area contributed by atoms with E-state index in [2.05, 4.69) is 4.74 Å². The summed E-state index contributed by atoms with van der Waals surface area (Å²) in [5.41, 5.74) is 6.60. The number of carbonyl (C=O) groups excluding carboxylic acids is 2. The zero-order chi connectivity index (χ0) is 22.9. The highest BCUT2D eigenvalue weighted by Crippen LogP contribution is 2.24. The summed E-state index contributed by atoms with van der Waals surface area (Å²) in [6.45, 7) is 7.88. The predicted octanol–water partition coefficient (Wildman–Crippen LogP) is 3.93. The van der Waals surface area contributed by atoms with E-state index < -0.39 is 5.60 Å². The average molecular weight is 435 g/mol. The number of piperidine rings is 1. The Bertz CT molecular complexity index is 691. The van der Waals surface area contributed by atoms with E-state index in [1.165, 1.54) is 7.11 Å². The van der Waals surface area contributed by atoms with E-state index in [0.29, 0.717) is 18.9 Å². The van der Waals surface area contributed by atoms with Crippen molar-refractivity contribution in [2.75, 3.05) is 26.8 Å². The van der Waals surface area contributed by atoms with E-state index in [4.69, 9.17) is 15.2 Å². The summed E-state index contributed by atoms with van der Waals surface area (Å²) in [7, 11) is 1.37. The highest BCUT2D eigenvalue weighted by atomic mass is 16.6. The summed E-state index contributed by atoms with van der Waals surface area (Å²) in [5, 5.41) is 0. The molecule has 2 rings (SSSR count). The number of carbonyl (C=O) groups is 2. The smallest absolute Gasteiger partial charge is 0.410 e. The fourth-order valence-electron chi connectivity index (χ4n) is 3.69. The van der Waals surface area contributed by atoms with Crippen molar-refractivity contribution >= 4 is 12.1 Å². The van der Waals surface area contributed by atoms with Crippen LogP contribution in [0.1, 0.15) is 58.4 Å². The van der Waals surface area contributed by atoms with Crippen LogP contribution in [-0.2, 0) is 20.7 Å². The van der Waals surface area contributed by atoms with Crippen molar-refractivity contribution < 1.29 is 23.8 Å². The van der Waals surface area contributed by atoms with Gasteiger partial charge in [-0.05, 0) is 76.5 Å². The van der Waals surface area contributed by atoms with Gasteiger partial charge in [0.15, 0.2) is 0 Å². The highest BCUT2D eigenvalue weighted by molar-refractivity contribution is 5.70. The Kier molecular flexibility index (Phi) is 9.62. The van der Waals surface area contributed by atoms with Crippen molar-refractivity contribution in [2.24, 2.45) is 11.7 Å². The van der Waals surface area contributed by atoms with Gasteiger partial charge in [0.2, 0.25) is 0 Å².